The van der Waals surface area contributed by atoms with Crippen LogP contribution in [0.15, 0.2) is 0 Å². The first-order valence-corrected chi connectivity index (χ1v) is 3.94. The zero-order valence-corrected chi connectivity index (χ0v) is 6.76. The average molecular weight is 141 g/mol. The van der Waals surface area contributed by atoms with Crippen molar-refractivity contribution in [2.45, 2.75) is 26.2 Å². The van der Waals surface area contributed by atoms with Crippen LogP contribution in [-0.4, -0.2) is 24.4 Å². The molecule has 58 valence electrons. The monoisotopic (exact) mass is 141 g/mol. The molecule has 1 heterocycles. The molecule has 0 aliphatic carbocycles. The highest BCUT2D eigenvalue weighted by atomic mass is 16.2. The van der Waals surface area contributed by atoms with Crippen molar-refractivity contribution >= 4 is 5.91 Å². The normalized spacial score (nSPS) is 28.4. The van der Waals surface area contributed by atoms with Crippen LogP contribution in [0.3, 0.4) is 0 Å². The van der Waals surface area contributed by atoms with Crippen LogP contribution in [0.2, 0.25) is 0 Å². The van der Waals surface area contributed by atoms with Crippen LogP contribution in [0.4, 0.5) is 0 Å². The van der Waals surface area contributed by atoms with E-state index in [9.17, 15) is 4.79 Å². The Labute approximate surface area is 62.2 Å². The van der Waals surface area contributed by atoms with Crippen molar-refractivity contribution < 1.29 is 4.79 Å². The molecule has 1 unspecified atom stereocenters. The minimum Gasteiger partial charge on any atom is -0.346 e. The number of rotatable bonds is 0. The number of hydrogen-bond donors (Lipinski definition) is 0. The Hall–Kier alpha value is -0.530. The van der Waals surface area contributed by atoms with Gasteiger partial charge in [-0.25, -0.2) is 0 Å². The smallest absolute Gasteiger partial charge is 0.222 e. The third kappa shape index (κ3) is 1.72. The number of carbonyl (C=O) groups excluding carboxylic acids is 1. The lowest BCUT2D eigenvalue weighted by Crippen LogP contribution is -2.25. The summed E-state index contributed by atoms with van der Waals surface area (Å²) in [5.74, 6) is 0.905. The van der Waals surface area contributed by atoms with Gasteiger partial charge in [-0.3, -0.25) is 4.79 Å². The molecule has 0 radical (unpaired) electrons. The lowest BCUT2D eigenvalue weighted by molar-refractivity contribution is -0.129. The zero-order chi connectivity index (χ0) is 7.56. The highest BCUT2D eigenvalue weighted by molar-refractivity contribution is 5.76. The summed E-state index contributed by atoms with van der Waals surface area (Å²) < 4.78 is 0. The molecule has 0 spiro atoms. The van der Waals surface area contributed by atoms with Crippen LogP contribution in [0, 0.1) is 5.92 Å². The summed E-state index contributed by atoms with van der Waals surface area (Å²) in [6, 6.07) is 0. The highest BCUT2D eigenvalue weighted by Gasteiger charge is 2.16. The van der Waals surface area contributed by atoms with Gasteiger partial charge in [0, 0.05) is 20.0 Å². The lowest BCUT2D eigenvalue weighted by atomic mass is 10.0. The van der Waals surface area contributed by atoms with E-state index in [-0.39, 0.29) is 0 Å². The quantitative estimate of drug-likeness (QED) is 0.497. The fraction of sp³-hybridized carbons (Fsp3) is 0.875. The predicted octanol–water partition coefficient (Wildman–Crippen LogP) is 1.26. The van der Waals surface area contributed by atoms with E-state index in [2.05, 4.69) is 6.92 Å². The van der Waals surface area contributed by atoms with Gasteiger partial charge in [0.15, 0.2) is 0 Å². The first-order valence-electron chi connectivity index (χ1n) is 3.94. The molecule has 1 fully saturated rings. The SMILES string of the molecule is CC1CCCN(C)C(=O)C1. The van der Waals surface area contributed by atoms with Gasteiger partial charge < -0.3 is 4.90 Å². The van der Waals surface area contributed by atoms with Gasteiger partial charge in [-0.1, -0.05) is 6.92 Å². The Balaban J connectivity index is 2.49. The summed E-state index contributed by atoms with van der Waals surface area (Å²) in [5.41, 5.74) is 0. The van der Waals surface area contributed by atoms with E-state index in [4.69, 9.17) is 0 Å². The number of likely N-dealkylation sites (tertiary alicyclic amines) is 1. The predicted molar refractivity (Wildman–Crippen MR) is 40.7 cm³/mol. The van der Waals surface area contributed by atoms with Gasteiger partial charge in [0.05, 0.1) is 0 Å². The highest BCUT2D eigenvalue weighted by Crippen LogP contribution is 2.15. The van der Waals surface area contributed by atoms with Gasteiger partial charge in [0.2, 0.25) is 5.91 Å². The minimum absolute atomic E-state index is 0.310. The maximum absolute atomic E-state index is 11.2. The van der Waals surface area contributed by atoms with E-state index >= 15 is 0 Å². The van der Waals surface area contributed by atoms with Crippen LogP contribution in [0.1, 0.15) is 26.2 Å². The van der Waals surface area contributed by atoms with E-state index < -0.39 is 0 Å². The van der Waals surface area contributed by atoms with Crippen LogP contribution < -0.4 is 0 Å². The molecular formula is C8H15NO. The molecule has 0 aromatic heterocycles. The molecule has 0 aromatic carbocycles. The summed E-state index contributed by atoms with van der Waals surface area (Å²) in [7, 11) is 1.89. The third-order valence-corrected chi connectivity index (χ3v) is 2.14. The van der Waals surface area contributed by atoms with E-state index in [0.29, 0.717) is 11.8 Å². The summed E-state index contributed by atoms with van der Waals surface area (Å²) in [4.78, 5) is 13.0. The molecule has 1 aliphatic heterocycles. The summed E-state index contributed by atoms with van der Waals surface area (Å²) >= 11 is 0. The van der Waals surface area contributed by atoms with Crippen molar-refractivity contribution in [1.82, 2.24) is 4.90 Å². The standard InChI is InChI=1S/C8H15NO/c1-7-4-3-5-9(2)8(10)6-7/h7H,3-6H2,1-2H3. The molecule has 1 amide bonds. The van der Waals surface area contributed by atoms with Gasteiger partial charge in [-0.15, -0.1) is 0 Å². The number of amides is 1. The van der Waals surface area contributed by atoms with E-state index in [1.165, 1.54) is 12.8 Å². The molecule has 1 aliphatic rings. The van der Waals surface area contributed by atoms with Crippen molar-refractivity contribution in [3.8, 4) is 0 Å². The maximum Gasteiger partial charge on any atom is 0.222 e. The van der Waals surface area contributed by atoms with Crippen LogP contribution >= 0.6 is 0 Å². The van der Waals surface area contributed by atoms with Gasteiger partial charge in [-0.05, 0) is 18.8 Å². The fourth-order valence-electron chi connectivity index (χ4n) is 1.36. The largest absolute Gasteiger partial charge is 0.346 e. The molecule has 0 N–H and O–H groups in total. The zero-order valence-electron chi connectivity index (χ0n) is 6.76. The van der Waals surface area contributed by atoms with Crippen molar-refractivity contribution in [3.05, 3.63) is 0 Å². The Kier molecular flexibility index (Phi) is 2.30. The Bertz CT molecular complexity index is 133. The second-order valence-electron chi connectivity index (χ2n) is 3.27. The first kappa shape index (κ1) is 7.58. The number of nitrogens with zero attached hydrogens (tertiary/aromatic N) is 1. The molecule has 0 aromatic rings. The molecular weight excluding hydrogens is 126 g/mol. The van der Waals surface area contributed by atoms with Gasteiger partial charge >= 0.3 is 0 Å². The van der Waals surface area contributed by atoms with Crippen LogP contribution in [-0.2, 0) is 4.79 Å². The van der Waals surface area contributed by atoms with Crippen molar-refractivity contribution in [2.24, 2.45) is 5.92 Å². The second kappa shape index (κ2) is 3.04. The molecule has 1 saturated heterocycles. The van der Waals surface area contributed by atoms with Gasteiger partial charge in [-0.2, -0.15) is 0 Å². The van der Waals surface area contributed by atoms with Gasteiger partial charge in [0.25, 0.3) is 0 Å². The fourth-order valence-corrected chi connectivity index (χ4v) is 1.36. The molecule has 10 heavy (non-hydrogen) atoms. The Morgan fingerprint density at radius 3 is 3.00 bits per heavy atom. The number of hydrogen-bond acceptors (Lipinski definition) is 1. The summed E-state index contributed by atoms with van der Waals surface area (Å²) in [5, 5.41) is 0. The topological polar surface area (TPSA) is 20.3 Å². The van der Waals surface area contributed by atoms with E-state index in [1.54, 1.807) is 0 Å². The summed E-state index contributed by atoms with van der Waals surface area (Å²) in [6.07, 6.45) is 3.12. The molecule has 2 heteroatoms. The molecule has 0 saturated carbocycles. The third-order valence-electron chi connectivity index (χ3n) is 2.14. The first-order chi connectivity index (χ1) is 4.70. The Morgan fingerprint density at radius 1 is 1.60 bits per heavy atom. The molecule has 2 nitrogen and oxygen atoms in total. The maximum atomic E-state index is 11.2. The average Bonchev–Trinajstić information content (AvgIpc) is 1.96. The van der Waals surface area contributed by atoms with Crippen LogP contribution in [0.25, 0.3) is 0 Å². The van der Waals surface area contributed by atoms with Gasteiger partial charge in [0.1, 0.15) is 0 Å². The van der Waals surface area contributed by atoms with Crippen molar-refractivity contribution in [3.63, 3.8) is 0 Å². The molecule has 1 rings (SSSR count). The minimum atomic E-state index is 0.310. The summed E-state index contributed by atoms with van der Waals surface area (Å²) in [6.45, 7) is 3.10. The van der Waals surface area contributed by atoms with Crippen molar-refractivity contribution in [2.75, 3.05) is 13.6 Å². The van der Waals surface area contributed by atoms with Crippen LogP contribution in [0.5, 0.6) is 0 Å². The van der Waals surface area contributed by atoms with E-state index in [0.717, 1.165) is 13.0 Å². The molecule has 1 atom stereocenters. The number of carbonyl (C=O) groups is 1. The molecule has 0 bridgehead atoms. The van der Waals surface area contributed by atoms with E-state index in [1.807, 2.05) is 11.9 Å². The lowest BCUT2D eigenvalue weighted by Gasteiger charge is -2.12. The second-order valence-corrected chi connectivity index (χ2v) is 3.27. The Morgan fingerprint density at radius 2 is 2.30 bits per heavy atom. The van der Waals surface area contributed by atoms with Crippen molar-refractivity contribution in [1.29, 1.82) is 0 Å².